The molecule has 1 aromatic carbocycles. The van der Waals surface area contributed by atoms with Crippen LogP contribution < -0.4 is 10.6 Å². The summed E-state index contributed by atoms with van der Waals surface area (Å²) in [6.07, 6.45) is 1.11. The first-order valence-electron chi connectivity index (χ1n) is 5.72. The Balaban J connectivity index is 2.37. The second kappa shape index (κ2) is 6.59. The molecule has 1 aromatic rings. The molecule has 2 heteroatoms. The summed E-state index contributed by atoms with van der Waals surface area (Å²) >= 11 is 0. The summed E-state index contributed by atoms with van der Waals surface area (Å²) in [6, 6.07) is 9.34. The number of benzene rings is 1. The maximum absolute atomic E-state index is 3.47. The molecule has 0 heterocycles. The molecule has 0 aliphatic rings. The van der Waals surface area contributed by atoms with Gasteiger partial charge in [0, 0.05) is 19.1 Å². The minimum Gasteiger partial charge on any atom is -0.318 e. The summed E-state index contributed by atoms with van der Waals surface area (Å²) in [7, 11) is 1.98. The Morgan fingerprint density at radius 1 is 1.13 bits per heavy atom. The van der Waals surface area contributed by atoms with Crippen molar-refractivity contribution in [3.63, 3.8) is 0 Å². The normalized spacial score (nSPS) is 12.7. The number of aryl methyl sites for hydroxylation is 1. The van der Waals surface area contributed by atoms with Crippen molar-refractivity contribution in [1.29, 1.82) is 0 Å². The molecular formula is C13H22N2. The molecule has 0 bridgehead atoms. The van der Waals surface area contributed by atoms with Gasteiger partial charge in [-0.05, 0) is 31.5 Å². The van der Waals surface area contributed by atoms with Crippen molar-refractivity contribution in [2.45, 2.75) is 32.9 Å². The molecule has 0 aliphatic carbocycles. The van der Waals surface area contributed by atoms with Gasteiger partial charge in [0.15, 0.2) is 0 Å². The monoisotopic (exact) mass is 206 g/mol. The number of likely N-dealkylation sites (N-methyl/N-ethyl adjacent to an activating group) is 1. The molecular weight excluding hydrogens is 184 g/mol. The third-order valence-electron chi connectivity index (χ3n) is 2.60. The zero-order valence-corrected chi connectivity index (χ0v) is 10.0. The van der Waals surface area contributed by atoms with Gasteiger partial charge in [0.2, 0.25) is 0 Å². The van der Waals surface area contributed by atoms with Crippen molar-refractivity contribution in [3.05, 3.63) is 35.4 Å². The van der Waals surface area contributed by atoms with Gasteiger partial charge in [0.1, 0.15) is 0 Å². The molecule has 0 aromatic heterocycles. The van der Waals surface area contributed by atoms with Gasteiger partial charge in [-0.15, -0.1) is 0 Å². The average molecular weight is 206 g/mol. The molecule has 0 fully saturated rings. The molecule has 15 heavy (non-hydrogen) atoms. The highest BCUT2D eigenvalue weighted by atomic mass is 15.0. The van der Waals surface area contributed by atoms with Crippen LogP contribution in [0.25, 0.3) is 0 Å². The van der Waals surface area contributed by atoms with Crippen molar-refractivity contribution in [2.24, 2.45) is 0 Å². The van der Waals surface area contributed by atoms with Gasteiger partial charge in [-0.3, -0.25) is 0 Å². The topological polar surface area (TPSA) is 24.1 Å². The van der Waals surface area contributed by atoms with Gasteiger partial charge in [-0.2, -0.15) is 0 Å². The van der Waals surface area contributed by atoms with Gasteiger partial charge in [0.05, 0.1) is 0 Å². The third kappa shape index (κ3) is 4.45. The van der Waals surface area contributed by atoms with Crippen molar-refractivity contribution in [3.8, 4) is 0 Å². The average Bonchev–Trinajstić information content (AvgIpc) is 2.27. The van der Waals surface area contributed by atoms with Crippen molar-refractivity contribution in [2.75, 3.05) is 13.6 Å². The van der Waals surface area contributed by atoms with Gasteiger partial charge >= 0.3 is 0 Å². The van der Waals surface area contributed by atoms with E-state index in [0.717, 1.165) is 19.5 Å². The van der Waals surface area contributed by atoms with Crippen LogP contribution in [-0.2, 0) is 13.0 Å². The lowest BCUT2D eigenvalue weighted by atomic mass is 10.1. The summed E-state index contributed by atoms with van der Waals surface area (Å²) < 4.78 is 0. The van der Waals surface area contributed by atoms with E-state index in [-0.39, 0.29) is 0 Å². The van der Waals surface area contributed by atoms with Crippen LogP contribution in [0.15, 0.2) is 24.3 Å². The van der Waals surface area contributed by atoms with Gasteiger partial charge in [-0.1, -0.05) is 31.2 Å². The maximum Gasteiger partial charge on any atom is 0.0208 e. The van der Waals surface area contributed by atoms with Crippen molar-refractivity contribution >= 4 is 0 Å². The van der Waals surface area contributed by atoms with Crippen LogP contribution in [0.2, 0.25) is 0 Å². The number of nitrogens with one attached hydrogen (secondary N) is 2. The predicted molar refractivity (Wildman–Crippen MR) is 66.0 cm³/mol. The van der Waals surface area contributed by atoms with Gasteiger partial charge in [-0.25, -0.2) is 0 Å². The summed E-state index contributed by atoms with van der Waals surface area (Å²) in [5.74, 6) is 0. The Kier molecular flexibility index (Phi) is 5.37. The molecule has 0 aliphatic heterocycles. The van der Waals surface area contributed by atoms with E-state index in [0.29, 0.717) is 6.04 Å². The van der Waals surface area contributed by atoms with E-state index in [1.807, 2.05) is 7.05 Å². The van der Waals surface area contributed by atoms with Crippen LogP contribution in [0.5, 0.6) is 0 Å². The predicted octanol–water partition coefficient (Wildman–Crippen LogP) is 1.95. The Labute approximate surface area is 93.1 Å². The SMILES string of the molecule is CCc1ccc(CNC(C)CNC)cc1. The second-order valence-electron chi connectivity index (χ2n) is 4.01. The molecule has 0 saturated carbocycles. The molecule has 2 N–H and O–H groups in total. The van der Waals surface area contributed by atoms with Crippen LogP contribution in [0.3, 0.4) is 0 Å². The maximum atomic E-state index is 3.47. The third-order valence-corrected chi connectivity index (χ3v) is 2.60. The van der Waals surface area contributed by atoms with E-state index in [1.165, 1.54) is 11.1 Å². The fraction of sp³-hybridized carbons (Fsp3) is 0.538. The van der Waals surface area contributed by atoms with E-state index in [1.54, 1.807) is 0 Å². The van der Waals surface area contributed by atoms with Crippen LogP contribution in [0, 0.1) is 0 Å². The number of rotatable bonds is 6. The summed E-state index contributed by atoms with van der Waals surface area (Å²) in [4.78, 5) is 0. The lowest BCUT2D eigenvalue weighted by Gasteiger charge is -2.13. The fourth-order valence-corrected chi connectivity index (χ4v) is 1.56. The first-order chi connectivity index (χ1) is 7.26. The zero-order valence-electron chi connectivity index (χ0n) is 10.0. The minimum atomic E-state index is 0.515. The lowest BCUT2D eigenvalue weighted by molar-refractivity contribution is 0.523. The van der Waals surface area contributed by atoms with Crippen LogP contribution >= 0.6 is 0 Å². The highest BCUT2D eigenvalue weighted by Crippen LogP contribution is 2.04. The van der Waals surface area contributed by atoms with E-state index in [2.05, 4.69) is 48.7 Å². The van der Waals surface area contributed by atoms with E-state index in [9.17, 15) is 0 Å². The van der Waals surface area contributed by atoms with Gasteiger partial charge < -0.3 is 10.6 Å². The molecule has 0 saturated heterocycles. The van der Waals surface area contributed by atoms with Crippen LogP contribution in [0.1, 0.15) is 25.0 Å². The molecule has 0 spiro atoms. The smallest absolute Gasteiger partial charge is 0.0208 e. The number of hydrogen-bond acceptors (Lipinski definition) is 2. The van der Waals surface area contributed by atoms with E-state index < -0.39 is 0 Å². The molecule has 2 nitrogen and oxygen atoms in total. The Hall–Kier alpha value is -0.860. The quantitative estimate of drug-likeness (QED) is 0.743. The van der Waals surface area contributed by atoms with Crippen LogP contribution in [-0.4, -0.2) is 19.6 Å². The van der Waals surface area contributed by atoms with Gasteiger partial charge in [0.25, 0.3) is 0 Å². The second-order valence-corrected chi connectivity index (χ2v) is 4.01. The Morgan fingerprint density at radius 3 is 2.27 bits per heavy atom. The largest absolute Gasteiger partial charge is 0.318 e. The van der Waals surface area contributed by atoms with E-state index >= 15 is 0 Å². The molecule has 1 rings (SSSR count). The number of hydrogen-bond donors (Lipinski definition) is 2. The molecule has 0 amide bonds. The standard InChI is InChI=1S/C13H22N2/c1-4-12-5-7-13(8-6-12)10-15-11(2)9-14-3/h5-8,11,14-15H,4,9-10H2,1-3H3. The molecule has 1 atom stereocenters. The highest BCUT2D eigenvalue weighted by molar-refractivity contribution is 5.22. The summed E-state index contributed by atoms with van der Waals surface area (Å²) in [5.41, 5.74) is 2.76. The summed E-state index contributed by atoms with van der Waals surface area (Å²) in [5, 5.41) is 6.63. The summed E-state index contributed by atoms with van der Waals surface area (Å²) in [6.45, 7) is 6.33. The molecule has 84 valence electrons. The first kappa shape index (κ1) is 12.2. The van der Waals surface area contributed by atoms with E-state index in [4.69, 9.17) is 0 Å². The zero-order chi connectivity index (χ0) is 11.1. The van der Waals surface area contributed by atoms with Crippen molar-refractivity contribution < 1.29 is 0 Å². The van der Waals surface area contributed by atoms with Crippen LogP contribution in [0.4, 0.5) is 0 Å². The first-order valence-corrected chi connectivity index (χ1v) is 5.72. The molecule has 0 radical (unpaired) electrons. The Morgan fingerprint density at radius 2 is 1.73 bits per heavy atom. The fourth-order valence-electron chi connectivity index (χ4n) is 1.56. The Bertz CT molecular complexity index is 266. The molecule has 1 unspecified atom stereocenters. The van der Waals surface area contributed by atoms with Crippen molar-refractivity contribution in [1.82, 2.24) is 10.6 Å². The highest BCUT2D eigenvalue weighted by Gasteiger charge is 1.99. The minimum absolute atomic E-state index is 0.515. The lowest BCUT2D eigenvalue weighted by Crippen LogP contribution is -2.34.